The van der Waals surface area contributed by atoms with Gasteiger partial charge in [0, 0.05) is 12.7 Å². The average Bonchev–Trinajstić information content (AvgIpc) is 2.65. The molecule has 2 aromatic rings. The van der Waals surface area contributed by atoms with Crippen LogP contribution < -0.4 is 5.32 Å². The van der Waals surface area contributed by atoms with Crippen LogP contribution in [-0.2, 0) is 6.54 Å². The summed E-state index contributed by atoms with van der Waals surface area (Å²) in [4.78, 5) is 0. The summed E-state index contributed by atoms with van der Waals surface area (Å²) in [6.45, 7) is 0.661. The summed E-state index contributed by atoms with van der Waals surface area (Å²) >= 11 is 2.14. The Hall–Kier alpha value is -0.950. The van der Waals surface area contributed by atoms with Gasteiger partial charge in [0.1, 0.15) is 11.5 Å². The second kappa shape index (κ2) is 4.92. The molecule has 0 amide bonds. The number of hydrogen-bond donors (Lipinski definition) is 1. The molecule has 1 heterocycles. The molecule has 0 atom stereocenters. The number of nitrogens with zero attached hydrogens (tertiary/aromatic N) is 2. The molecule has 5 heteroatoms. The van der Waals surface area contributed by atoms with Crippen LogP contribution in [0.25, 0.3) is 5.69 Å². The Bertz CT molecular complexity index is 496. The molecule has 1 aromatic heterocycles. The molecule has 2 rings (SSSR count). The van der Waals surface area contributed by atoms with Crippen LogP contribution in [0, 0.1) is 9.39 Å². The first-order valence-electron chi connectivity index (χ1n) is 4.84. The van der Waals surface area contributed by atoms with Gasteiger partial charge >= 0.3 is 0 Å². The van der Waals surface area contributed by atoms with Gasteiger partial charge in [-0.25, -0.2) is 9.07 Å². The lowest BCUT2D eigenvalue weighted by Gasteiger charge is -2.05. The summed E-state index contributed by atoms with van der Waals surface area (Å²) in [6, 6.07) is 5.16. The Labute approximate surface area is 107 Å². The highest BCUT2D eigenvalue weighted by Crippen LogP contribution is 2.15. The normalized spacial score (nSPS) is 10.7. The van der Waals surface area contributed by atoms with E-state index >= 15 is 0 Å². The molecule has 1 aromatic carbocycles. The van der Waals surface area contributed by atoms with Gasteiger partial charge in [-0.3, -0.25) is 0 Å². The zero-order valence-electron chi connectivity index (χ0n) is 8.74. The van der Waals surface area contributed by atoms with E-state index in [-0.39, 0.29) is 5.82 Å². The quantitative estimate of drug-likeness (QED) is 0.875. The molecule has 0 aliphatic heterocycles. The lowest BCUT2D eigenvalue weighted by molar-refractivity contribution is 0.607. The molecule has 0 spiro atoms. The van der Waals surface area contributed by atoms with Crippen molar-refractivity contribution >= 4 is 22.6 Å². The van der Waals surface area contributed by atoms with Crippen molar-refractivity contribution in [1.29, 1.82) is 0 Å². The molecule has 0 saturated carbocycles. The lowest BCUT2D eigenvalue weighted by Crippen LogP contribution is -2.06. The maximum absolute atomic E-state index is 13.8. The van der Waals surface area contributed by atoms with Crippen molar-refractivity contribution in [3.8, 4) is 5.69 Å². The highest BCUT2D eigenvalue weighted by molar-refractivity contribution is 14.1. The summed E-state index contributed by atoms with van der Waals surface area (Å²) in [5.41, 5.74) is 1.40. The first-order valence-corrected chi connectivity index (χ1v) is 5.92. The first kappa shape index (κ1) is 11.5. The van der Waals surface area contributed by atoms with E-state index in [0.717, 1.165) is 9.13 Å². The molecule has 84 valence electrons. The van der Waals surface area contributed by atoms with Crippen molar-refractivity contribution in [3.63, 3.8) is 0 Å². The van der Waals surface area contributed by atoms with E-state index in [0.29, 0.717) is 12.2 Å². The largest absolute Gasteiger partial charge is 0.316 e. The Morgan fingerprint density at radius 2 is 2.31 bits per heavy atom. The molecule has 0 aliphatic rings. The van der Waals surface area contributed by atoms with E-state index in [2.05, 4.69) is 33.0 Å². The fraction of sp³-hybridized carbons (Fsp3) is 0.182. The van der Waals surface area contributed by atoms with Gasteiger partial charge in [-0.2, -0.15) is 5.10 Å². The van der Waals surface area contributed by atoms with Crippen molar-refractivity contribution < 1.29 is 4.39 Å². The molecule has 0 fully saturated rings. The monoisotopic (exact) mass is 331 g/mol. The van der Waals surface area contributed by atoms with Crippen molar-refractivity contribution in [1.82, 2.24) is 15.1 Å². The van der Waals surface area contributed by atoms with Crippen molar-refractivity contribution in [3.05, 3.63) is 45.5 Å². The predicted molar refractivity (Wildman–Crippen MR) is 69.0 cm³/mol. The van der Waals surface area contributed by atoms with Crippen LogP contribution in [0.1, 0.15) is 5.56 Å². The fourth-order valence-corrected chi connectivity index (χ4v) is 1.87. The second-order valence-corrected chi connectivity index (χ2v) is 4.66. The molecule has 1 N–H and O–H groups in total. The van der Waals surface area contributed by atoms with Crippen LogP contribution in [0.5, 0.6) is 0 Å². The van der Waals surface area contributed by atoms with Crippen LogP contribution >= 0.6 is 22.6 Å². The van der Waals surface area contributed by atoms with Gasteiger partial charge in [-0.05, 0) is 47.3 Å². The number of halogens is 2. The molecule has 0 bridgehead atoms. The predicted octanol–water partition coefficient (Wildman–Crippen LogP) is 2.34. The Morgan fingerprint density at radius 1 is 1.50 bits per heavy atom. The van der Waals surface area contributed by atoms with E-state index < -0.39 is 0 Å². The summed E-state index contributed by atoms with van der Waals surface area (Å²) < 4.78 is 16.3. The zero-order chi connectivity index (χ0) is 11.5. The molecular weight excluding hydrogens is 320 g/mol. The van der Waals surface area contributed by atoms with E-state index in [1.807, 2.05) is 13.1 Å². The SMILES string of the molecule is CNCc1ccc(-n2cc(I)cn2)c(F)c1. The molecule has 16 heavy (non-hydrogen) atoms. The van der Waals surface area contributed by atoms with Crippen molar-refractivity contribution in [2.24, 2.45) is 0 Å². The van der Waals surface area contributed by atoms with Crippen LogP contribution in [0.3, 0.4) is 0 Å². The molecule has 0 unspecified atom stereocenters. The highest BCUT2D eigenvalue weighted by Gasteiger charge is 2.06. The topological polar surface area (TPSA) is 29.9 Å². The highest BCUT2D eigenvalue weighted by atomic mass is 127. The summed E-state index contributed by atoms with van der Waals surface area (Å²) in [5, 5.41) is 7.06. The van der Waals surface area contributed by atoms with Gasteiger partial charge in [0.2, 0.25) is 0 Å². The number of nitrogens with one attached hydrogen (secondary N) is 1. The van der Waals surface area contributed by atoms with Gasteiger partial charge in [-0.1, -0.05) is 6.07 Å². The first-order chi connectivity index (χ1) is 7.70. The van der Waals surface area contributed by atoms with Crippen LogP contribution in [-0.4, -0.2) is 16.8 Å². The third-order valence-corrected chi connectivity index (χ3v) is 2.75. The van der Waals surface area contributed by atoms with E-state index in [4.69, 9.17) is 0 Å². The lowest BCUT2D eigenvalue weighted by atomic mass is 10.2. The van der Waals surface area contributed by atoms with Crippen molar-refractivity contribution in [2.45, 2.75) is 6.54 Å². The number of hydrogen-bond acceptors (Lipinski definition) is 2. The summed E-state index contributed by atoms with van der Waals surface area (Å²) in [7, 11) is 1.83. The van der Waals surface area contributed by atoms with Gasteiger partial charge in [0.25, 0.3) is 0 Å². The minimum atomic E-state index is -0.257. The maximum atomic E-state index is 13.8. The van der Waals surface area contributed by atoms with Crippen molar-refractivity contribution in [2.75, 3.05) is 7.05 Å². The van der Waals surface area contributed by atoms with Crippen LogP contribution in [0.4, 0.5) is 4.39 Å². The Kier molecular flexibility index (Phi) is 3.55. The third-order valence-electron chi connectivity index (χ3n) is 2.19. The van der Waals surface area contributed by atoms with Gasteiger partial charge < -0.3 is 5.32 Å². The number of benzene rings is 1. The Morgan fingerprint density at radius 3 is 2.88 bits per heavy atom. The Balaban J connectivity index is 2.36. The molecule has 0 radical (unpaired) electrons. The molecular formula is C11H11FIN3. The second-order valence-electron chi connectivity index (χ2n) is 3.42. The summed E-state index contributed by atoms with van der Waals surface area (Å²) in [5.74, 6) is -0.257. The zero-order valence-corrected chi connectivity index (χ0v) is 10.9. The average molecular weight is 331 g/mol. The van der Waals surface area contributed by atoms with Gasteiger partial charge in [-0.15, -0.1) is 0 Å². The molecule has 0 aliphatic carbocycles. The summed E-state index contributed by atoms with van der Waals surface area (Å²) in [6.07, 6.45) is 3.48. The van der Waals surface area contributed by atoms with E-state index in [9.17, 15) is 4.39 Å². The number of rotatable bonds is 3. The third kappa shape index (κ3) is 2.41. The standard InChI is InChI=1S/C11H11FIN3/c1-14-5-8-2-3-11(10(12)4-8)16-7-9(13)6-15-16/h2-4,6-7,14H,5H2,1H3. The minimum absolute atomic E-state index is 0.257. The van der Waals surface area contributed by atoms with E-state index in [1.54, 1.807) is 23.1 Å². The van der Waals surface area contributed by atoms with Crippen LogP contribution in [0.2, 0.25) is 0 Å². The van der Waals surface area contributed by atoms with Gasteiger partial charge in [0.05, 0.1) is 9.77 Å². The minimum Gasteiger partial charge on any atom is -0.316 e. The maximum Gasteiger partial charge on any atom is 0.149 e. The number of aromatic nitrogens is 2. The van der Waals surface area contributed by atoms with Crippen LogP contribution in [0.15, 0.2) is 30.6 Å². The van der Waals surface area contributed by atoms with E-state index in [1.165, 1.54) is 6.07 Å². The smallest absolute Gasteiger partial charge is 0.149 e. The molecule has 3 nitrogen and oxygen atoms in total. The van der Waals surface area contributed by atoms with Gasteiger partial charge in [0.15, 0.2) is 0 Å². The molecule has 0 saturated heterocycles. The fourth-order valence-electron chi connectivity index (χ4n) is 1.48.